The van der Waals surface area contributed by atoms with E-state index in [0.717, 1.165) is 16.5 Å². The van der Waals surface area contributed by atoms with Gasteiger partial charge in [0.25, 0.3) is 5.91 Å². The second-order valence-electron chi connectivity index (χ2n) is 5.37. The Kier molecular flexibility index (Phi) is 3.95. The molecule has 1 amide bonds. The van der Waals surface area contributed by atoms with Crippen LogP contribution in [0.2, 0.25) is 0 Å². The number of hydrogen-bond acceptors (Lipinski definition) is 4. The summed E-state index contributed by atoms with van der Waals surface area (Å²) < 4.78 is 13.0. The van der Waals surface area contributed by atoms with Crippen molar-refractivity contribution in [3.63, 3.8) is 0 Å². The van der Waals surface area contributed by atoms with E-state index in [1.807, 2.05) is 41.8 Å². The molecule has 0 aliphatic carbocycles. The van der Waals surface area contributed by atoms with E-state index < -0.39 is 5.95 Å². The number of nitrogens with one attached hydrogen (secondary N) is 1. The van der Waals surface area contributed by atoms with Crippen LogP contribution in [0.25, 0.3) is 22.0 Å². The second kappa shape index (κ2) is 6.41. The molecule has 0 bridgehead atoms. The van der Waals surface area contributed by atoms with E-state index in [-0.39, 0.29) is 5.91 Å². The maximum absolute atomic E-state index is 13.0. The van der Waals surface area contributed by atoms with Crippen LogP contribution in [0.5, 0.6) is 0 Å². The van der Waals surface area contributed by atoms with Crippen molar-refractivity contribution in [3.8, 4) is 11.1 Å². The summed E-state index contributed by atoms with van der Waals surface area (Å²) in [6, 6.07) is 14.2. The zero-order valence-corrected chi connectivity index (χ0v) is 13.8. The average Bonchev–Trinajstić information content (AvgIpc) is 3.12. The number of aromatic nitrogens is 2. The molecule has 1 N–H and O–H groups in total. The van der Waals surface area contributed by atoms with Crippen LogP contribution in [0.15, 0.2) is 66.3 Å². The molecule has 0 aliphatic heterocycles. The van der Waals surface area contributed by atoms with E-state index >= 15 is 0 Å². The van der Waals surface area contributed by atoms with Crippen molar-refractivity contribution in [1.82, 2.24) is 9.97 Å². The molecule has 1 aromatic carbocycles. The minimum Gasteiger partial charge on any atom is -0.319 e. The van der Waals surface area contributed by atoms with E-state index in [0.29, 0.717) is 16.1 Å². The van der Waals surface area contributed by atoms with Gasteiger partial charge in [-0.05, 0) is 35.7 Å². The van der Waals surface area contributed by atoms with Crippen LogP contribution in [0, 0.1) is 5.95 Å². The molecule has 4 aromatic rings. The number of pyridine rings is 2. The van der Waals surface area contributed by atoms with Gasteiger partial charge < -0.3 is 5.32 Å². The summed E-state index contributed by atoms with van der Waals surface area (Å²) in [5.41, 5.74) is 2.81. The quantitative estimate of drug-likeness (QED) is 0.543. The largest absolute Gasteiger partial charge is 0.319 e. The number of halogens is 1. The van der Waals surface area contributed by atoms with Crippen molar-refractivity contribution < 1.29 is 9.18 Å². The van der Waals surface area contributed by atoms with Crippen LogP contribution < -0.4 is 5.32 Å². The average molecular weight is 349 g/mol. The summed E-state index contributed by atoms with van der Waals surface area (Å²) in [5.74, 6) is -0.778. The van der Waals surface area contributed by atoms with E-state index in [1.54, 1.807) is 12.3 Å². The molecule has 0 fully saturated rings. The van der Waals surface area contributed by atoms with E-state index in [9.17, 15) is 9.18 Å². The Morgan fingerprint density at radius 1 is 1.04 bits per heavy atom. The number of anilines is 1. The Hall–Kier alpha value is -3.12. The number of rotatable bonds is 3. The Balaban J connectivity index is 1.68. The zero-order chi connectivity index (χ0) is 17.2. The number of benzene rings is 1. The van der Waals surface area contributed by atoms with E-state index in [1.165, 1.54) is 23.6 Å². The van der Waals surface area contributed by atoms with Gasteiger partial charge in [-0.25, -0.2) is 4.98 Å². The lowest BCUT2D eigenvalue weighted by Gasteiger charge is -2.08. The van der Waals surface area contributed by atoms with Crippen LogP contribution in [0.1, 0.15) is 9.67 Å². The molecular formula is C19H12FN3OS. The number of carbonyl (C=O) groups is 1. The highest BCUT2D eigenvalue weighted by molar-refractivity contribution is 7.12. The first-order valence-electron chi connectivity index (χ1n) is 7.57. The zero-order valence-electron chi connectivity index (χ0n) is 12.9. The SMILES string of the molecule is O=C(Nc1cccc2cccnc12)c1sccc1-c1ccc(F)nc1. The molecular weight excluding hydrogens is 337 g/mol. The monoisotopic (exact) mass is 349 g/mol. The van der Waals surface area contributed by atoms with Gasteiger partial charge in [-0.1, -0.05) is 18.2 Å². The molecule has 0 saturated carbocycles. The maximum Gasteiger partial charge on any atom is 0.266 e. The van der Waals surface area contributed by atoms with Crippen LogP contribution in [-0.4, -0.2) is 15.9 Å². The third kappa shape index (κ3) is 2.99. The lowest BCUT2D eigenvalue weighted by molar-refractivity contribution is 0.103. The fraction of sp³-hybridized carbons (Fsp3) is 0. The van der Waals surface area contributed by atoms with Gasteiger partial charge in [0.05, 0.1) is 11.2 Å². The number of amides is 1. The summed E-state index contributed by atoms with van der Waals surface area (Å²) >= 11 is 1.33. The number of thiophene rings is 1. The number of hydrogen-bond donors (Lipinski definition) is 1. The minimum absolute atomic E-state index is 0.229. The van der Waals surface area contributed by atoms with Crippen LogP contribution in [0.3, 0.4) is 0 Å². The van der Waals surface area contributed by atoms with Gasteiger partial charge in [0.2, 0.25) is 5.95 Å². The molecule has 6 heteroatoms. The first-order chi connectivity index (χ1) is 12.2. The molecule has 122 valence electrons. The van der Waals surface area contributed by atoms with Crippen molar-refractivity contribution >= 4 is 33.8 Å². The molecule has 3 aromatic heterocycles. The molecule has 0 spiro atoms. The number of nitrogens with zero attached hydrogens (tertiary/aromatic N) is 2. The first-order valence-corrected chi connectivity index (χ1v) is 8.45. The Morgan fingerprint density at radius 3 is 2.76 bits per heavy atom. The van der Waals surface area contributed by atoms with Crippen molar-refractivity contribution in [1.29, 1.82) is 0 Å². The highest BCUT2D eigenvalue weighted by Gasteiger charge is 2.16. The number of carbonyl (C=O) groups excluding carboxylic acids is 1. The second-order valence-corrected chi connectivity index (χ2v) is 6.28. The van der Waals surface area contributed by atoms with Crippen molar-refractivity contribution in [2.24, 2.45) is 0 Å². The van der Waals surface area contributed by atoms with Crippen LogP contribution in [-0.2, 0) is 0 Å². The maximum atomic E-state index is 13.0. The smallest absolute Gasteiger partial charge is 0.266 e. The van der Waals surface area contributed by atoms with Crippen molar-refractivity contribution in [3.05, 3.63) is 77.1 Å². The highest BCUT2D eigenvalue weighted by atomic mass is 32.1. The van der Waals surface area contributed by atoms with Gasteiger partial charge in [0.15, 0.2) is 0 Å². The molecule has 25 heavy (non-hydrogen) atoms. The predicted octanol–water partition coefficient (Wildman–Crippen LogP) is 4.75. The molecule has 4 rings (SSSR count). The van der Waals surface area contributed by atoms with Gasteiger partial charge in [-0.15, -0.1) is 11.3 Å². The Bertz CT molecular complexity index is 1050. The standard InChI is InChI=1S/C19H12FN3OS/c20-16-7-6-13(11-22-16)14-8-10-25-18(14)19(24)23-15-5-1-3-12-4-2-9-21-17(12)15/h1-11H,(H,23,24). The van der Waals surface area contributed by atoms with Gasteiger partial charge in [-0.2, -0.15) is 4.39 Å². The topological polar surface area (TPSA) is 54.9 Å². The third-order valence-corrected chi connectivity index (χ3v) is 4.70. The number of fused-ring (bicyclic) bond motifs is 1. The summed E-state index contributed by atoms with van der Waals surface area (Å²) in [7, 11) is 0. The lowest BCUT2D eigenvalue weighted by Crippen LogP contribution is -2.11. The van der Waals surface area contributed by atoms with Crippen molar-refractivity contribution in [2.75, 3.05) is 5.32 Å². The molecule has 3 heterocycles. The summed E-state index contributed by atoms with van der Waals surface area (Å²) in [6.45, 7) is 0. The minimum atomic E-state index is -0.549. The molecule has 0 radical (unpaired) electrons. The third-order valence-electron chi connectivity index (χ3n) is 3.79. The Morgan fingerprint density at radius 2 is 1.92 bits per heavy atom. The summed E-state index contributed by atoms with van der Waals surface area (Å²) in [5, 5.41) is 5.70. The number of para-hydroxylation sites is 1. The normalized spacial score (nSPS) is 10.8. The van der Waals surface area contributed by atoms with Gasteiger partial charge in [0.1, 0.15) is 4.88 Å². The van der Waals surface area contributed by atoms with Crippen LogP contribution in [0.4, 0.5) is 10.1 Å². The van der Waals surface area contributed by atoms with Crippen LogP contribution >= 0.6 is 11.3 Å². The van der Waals surface area contributed by atoms with E-state index in [4.69, 9.17) is 0 Å². The Labute approximate surface area is 147 Å². The predicted molar refractivity (Wildman–Crippen MR) is 97.2 cm³/mol. The summed E-state index contributed by atoms with van der Waals surface area (Å²) in [6.07, 6.45) is 3.12. The highest BCUT2D eigenvalue weighted by Crippen LogP contribution is 2.29. The lowest BCUT2D eigenvalue weighted by atomic mass is 10.1. The summed E-state index contributed by atoms with van der Waals surface area (Å²) in [4.78, 5) is 21.3. The van der Waals surface area contributed by atoms with E-state index in [2.05, 4.69) is 15.3 Å². The first kappa shape index (κ1) is 15.4. The molecule has 0 unspecified atom stereocenters. The van der Waals surface area contributed by atoms with Gasteiger partial charge in [-0.3, -0.25) is 9.78 Å². The van der Waals surface area contributed by atoms with Gasteiger partial charge in [0, 0.05) is 28.9 Å². The molecule has 4 nitrogen and oxygen atoms in total. The van der Waals surface area contributed by atoms with Gasteiger partial charge >= 0.3 is 0 Å². The molecule has 0 aliphatic rings. The fourth-order valence-corrected chi connectivity index (χ4v) is 3.44. The molecule has 0 saturated heterocycles. The molecule has 0 atom stereocenters. The van der Waals surface area contributed by atoms with Crippen molar-refractivity contribution in [2.45, 2.75) is 0 Å². The fourth-order valence-electron chi connectivity index (χ4n) is 2.63.